The maximum absolute atomic E-state index is 16.6. The van der Waals surface area contributed by atoms with Crippen LogP contribution in [0.5, 0.6) is 17.2 Å². The van der Waals surface area contributed by atoms with E-state index < -0.39 is 71.1 Å². The lowest BCUT2D eigenvalue weighted by Crippen LogP contribution is -2.72. The summed E-state index contributed by atoms with van der Waals surface area (Å²) in [6.07, 6.45) is -4.25. The standard InChI is InChI=1S/C53H62N10O11S2/c1-51(2,3)53(52(4,5)6,43(74-50(56)65)32-73-49(55)64)60-75(66,67)42-27-26-40(41-12-10-11-36-19-28-44(54)57-46(36)41)45(48-58-61-63(59-48)31-35-17-24-39(72-9)25-18-35)47(42)76(68,69)62(29-33-13-20-37(70-7)21-14-33)30-34-15-22-38(71-8)23-16-34/h10-28,43,60H,29-32H2,1-9H3,(H2,54,57)(H2,55,64)(H2,56,65)/t43-/m1/s1. The highest BCUT2D eigenvalue weighted by Crippen LogP contribution is 2.50. The number of aromatic nitrogens is 5. The Morgan fingerprint density at radius 3 is 1.72 bits per heavy atom. The van der Waals surface area contributed by atoms with Gasteiger partial charge in [0.05, 0.1) is 44.5 Å². The number of para-hydroxylation sites is 1. The van der Waals surface area contributed by atoms with Crippen LogP contribution in [0.2, 0.25) is 0 Å². The fraction of sp³-hybridized carbons (Fsp3) is 0.321. The monoisotopic (exact) mass is 1080 g/mol. The number of nitrogen functional groups attached to an aromatic ring is 1. The molecule has 402 valence electrons. The molecule has 5 aromatic carbocycles. The van der Waals surface area contributed by atoms with Crippen LogP contribution in [0.1, 0.15) is 58.2 Å². The molecule has 0 radical (unpaired) electrons. The number of sulfonamides is 2. The summed E-state index contributed by atoms with van der Waals surface area (Å²) >= 11 is 0. The molecule has 23 heteroatoms. The molecule has 0 aliphatic carbocycles. The molecule has 0 saturated carbocycles. The zero-order valence-electron chi connectivity index (χ0n) is 43.6. The topological polar surface area (TPSA) is 298 Å². The van der Waals surface area contributed by atoms with Crippen molar-refractivity contribution < 1.29 is 50.1 Å². The number of primary amides is 2. The molecule has 0 unspecified atom stereocenters. The minimum Gasteiger partial charge on any atom is -0.497 e. The molecule has 7 N–H and O–H groups in total. The Morgan fingerprint density at radius 1 is 0.684 bits per heavy atom. The number of anilines is 1. The first kappa shape index (κ1) is 55.9. The Balaban J connectivity index is 1.61. The molecule has 2 amide bonds. The molecular weight excluding hydrogens is 1020 g/mol. The third kappa shape index (κ3) is 11.8. The average Bonchev–Trinajstić information content (AvgIpc) is 3.84. The summed E-state index contributed by atoms with van der Waals surface area (Å²) in [7, 11) is -5.89. The van der Waals surface area contributed by atoms with Crippen molar-refractivity contribution in [1.29, 1.82) is 0 Å². The van der Waals surface area contributed by atoms with E-state index in [1.165, 1.54) is 31.1 Å². The zero-order valence-corrected chi connectivity index (χ0v) is 45.2. The quantitative estimate of drug-likeness (QED) is 0.0583. The van der Waals surface area contributed by atoms with Crippen LogP contribution in [0.4, 0.5) is 15.4 Å². The van der Waals surface area contributed by atoms with E-state index in [1.54, 1.807) is 152 Å². The first-order chi connectivity index (χ1) is 35.8. The highest BCUT2D eigenvalue weighted by atomic mass is 32.2. The van der Waals surface area contributed by atoms with Gasteiger partial charge in [-0.1, -0.05) is 102 Å². The van der Waals surface area contributed by atoms with Gasteiger partial charge in [0.25, 0.3) is 0 Å². The second-order valence-corrected chi connectivity index (χ2v) is 23.4. The molecule has 0 saturated heterocycles. The lowest BCUT2D eigenvalue weighted by Gasteiger charge is -2.56. The largest absolute Gasteiger partial charge is 0.497 e. The Labute approximate surface area is 441 Å². The maximum Gasteiger partial charge on any atom is 0.404 e. The van der Waals surface area contributed by atoms with Gasteiger partial charge < -0.3 is 40.9 Å². The predicted molar refractivity (Wildman–Crippen MR) is 285 cm³/mol. The van der Waals surface area contributed by atoms with Crippen molar-refractivity contribution >= 4 is 49.0 Å². The summed E-state index contributed by atoms with van der Waals surface area (Å²) in [5.74, 6) is 1.50. The second kappa shape index (κ2) is 22.2. The average molecular weight is 1080 g/mol. The van der Waals surface area contributed by atoms with Crippen LogP contribution in [0, 0.1) is 10.8 Å². The number of tetrazole rings is 1. The molecule has 0 aliphatic heterocycles. The van der Waals surface area contributed by atoms with Crippen molar-refractivity contribution in [3.05, 3.63) is 132 Å². The molecule has 2 heterocycles. The summed E-state index contributed by atoms with van der Waals surface area (Å²) in [6.45, 7) is 8.71. The van der Waals surface area contributed by atoms with Crippen LogP contribution in [0.25, 0.3) is 33.4 Å². The SMILES string of the molecule is COc1ccc(CN(Cc2ccc(OC)cc2)S(=O)(=O)c2c(S(=O)(=O)NC([C@@H](COC(N)=O)OC(N)=O)(C(C)(C)C)C(C)(C)C)ccc(-c3cccc4ccc(N)nc34)c2-c2nnn(Cc3ccc(OC)cc3)n2)cc1. The van der Waals surface area contributed by atoms with E-state index >= 15 is 16.8 Å². The Hall–Kier alpha value is -7.86. The van der Waals surface area contributed by atoms with Crippen LogP contribution < -0.4 is 36.1 Å². The minimum atomic E-state index is -5.26. The number of amides is 2. The highest BCUT2D eigenvalue weighted by molar-refractivity contribution is 7.92. The fourth-order valence-electron chi connectivity index (χ4n) is 9.66. The summed E-state index contributed by atoms with van der Waals surface area (Å²) < 4.78 is 96.6. The van der Waals surface area contributed by atoms with Gasteiger partial charge in [-0.05, 0) is 92.9 Å². The maximum atomic E-state index is 16.6. The first-order valence-electron chi connectivity index (χ1n) is 23.7. The first-order valence-corrected chi connectivity index (χ1v) is 26.7. The van der Waals surface area contributed by atoms with E-state index in [2.05, 4.69) is 20.0 Å². The highest BCUT2D eigenvalue weighted by Gasteiger charge is 2.60. The van der Waals surface area contributed by atoms with Crippen LogP contribution in [0.15, 0.2) is 125 Å². The minimum absolute atomic E-state index is 0.0513. The number of ether oxygens (including phenoxy) is 5. The van der Waals surface area contributed by atoms with Gasteiger partial charge in [0.1, 0.15) is 39.5 Å². The number of methoxy groups -OCH3 is 3. The van der Waals surface area contributed by atoms with E-state index in [0.29, 0.717) is 44.8 Å². The lowest BCUT2D eigenvalue weighted by atomic mass is 9.58. The third-order valence-corrected chi connectivity index (χ3v) is 16.5. The van der Waals surface area contributed by atoms with Crippen LogP contribution in [0.3, 0.4) is 0 Å². The van der Waals surface area contributed by atoms with Crippen LogP contribution in [-0.4, -0.2) is 98.1 Å². The van der Waals surface area contributed by atoms with Gasteiger partial charge in [-0.15, -0.1) is 10.2 Å². The summed E-state index contributed by atoms with van der Waals surface area (Å²) in [6, 6.07) is 31.8. The molecular formula is C53H62N10O11S2. The summed E-state index contributed by atoms with van der Waals surface area (Å²) in [5.41, 5.74) is 15.2. The number of nitrogens with two attached hydrogens (primary N) is 3. The normalized spacial score (nSPS) is 12.8. The molecule has 0 bridgehead atoms. The number of nitrogens with zero attached hydrogens (tertiary/aromatic N) is 6. The number of carbonyl (C=O) groups excluding carboxylic acids is 2. The van der Waals surface area contributed by atoms with Crippen LogP contribution in [-0.2, 0) is 49.2 Å². The zero-order chi connectivity index (χ0) is 55.4. The Kier molecular flexibility index (Phi) is 16.3. The van der Waals surface area contributed by atoms with Crippen molar-refractivity contribution in [2.45, 2.75) is 82.6 Å². The van der Waals surface area contributed by atoms with Gasteiger partial charge in [0.2, 0.25) is 25.9 Å². The number of carbonyl (C=O) groups is 2. The number of benzene rings is 5. The molecule has 21 nitrogen and oxygen atoms in total. The van der Waals surface area contributed by atoms with Crippen molar-refractivity contribution in [1.82, 2.24) is 34.2 Å². The third-order valence-electron chi connectivity index (χ3n) is 13.0. The Bertz CT molecular complexity index is 3390. The van der Waals surface area contributed by atoms with Crippen LogP contribution >= 0.6 is 0 Å². The van der Waals surface area contributed by atoms with E-state index in [1.807, 2.05) is 0 Å². The molecule has 0 fully saturated rings. The number of rotatable bonds is 20. The second-order valence-electron chi connectivity index (χ2n) is 19.9. The molecule has 7 rings (SSSR count). The number of hydrogen-bond acceptors (Lipinski definition) is 16. The molecule has 2 aromatic heterocycles. The Morgan fingerprint density at radius 2 is 1.22 bits per heavy atom. The van der Waals surface area contributed by atoms with Gasteiger partial charge >= 0.3 is 12.2 Å². The van der Waals surface area contributed by atoms with Gasteiger partial charge in [0, 0.05) is 24.0 Å². The molecule has 7 aromatic rings. The smallest absolute Gasteiger partial charge is 0.404 e. The number of fused-ring (bicyclic) bond motifs is 1. The number of nitrogens with one attached hydrogen (secondary N) is 1. The van der Waals surface area contributed by atoms with Gasteiger partial charge in [-0.2, -0.15) is 9.10 Å². The van der Waals surface area contributed by atoms with E-state index in [0.717, 1.165) is 9.87 Å². The van der Waals surface area contributed by atoms with E-state index in [4.69, 9.17) is 46.0 Å². The molecule has 0 spiro atoms. The number of hydrogen-bond donors (Lipinski definition) is 4. The van der Waals surface area contributed by atoms with Crippen molar-refractivity contribution in [3.8, 4) is 39.8 Å². The fourth-order valence-corrected chi connectivity index (χ4v) is 13.9. The molecule has 0 aliphatic rings. The summed E-state index contributed by atoms with van der Waals surface area (Å²) in [5, 5.41) is 14.3. The van der Waals surface area contributed by atoms with Gasteiger partial charge in [0.15, 0.2) is 6.10 Å². The lowest BCUT2D eigenvalue weighted by molar-refractivity contribution is -0.0895. The van der Waals surface area contributed by atoms with Crippen molar-refractivity contribution in [2.75, 3.05) is 33.7 Å². The van der Waals surface area contributed by atoms with Gasteiger partial charge in [-0.25, -0.2) is 36.1 Å². The molecule has 1 atom stereocenters. The molecule has 76 heavy (non-hydrogen) atoms. The van der Waals surface area contributed by atoms with E-state index in [9.17, 15) is 9.59 Å². The number of pyridine rings is 1. The van der Waals surface area contributed by atoms with Crippen molar-refractivity contribution in [3.63, 3.8) is 0 Å². The van der Waals surface area contributed by atoms with Gasteiger partial charge in [-0.3, -0.25) is 0 Å². The van der Waals surface area contributed by atoms with Crippen molar-refractivity contribution in [2.24, 2.45) is 22.3 Å². The summed E-state index contributed by atoms with van der Waals surface area (Å²) in [4.78, 5) is 29.3. The van der Waals surface area contributed by atoms with E-state index in [-0.39, 0.29) is 42.4 Å². The predicted octanol–water partition coefficient (Wildman–Crippen LogP) is 7.27.